The maximum absolute atomic E-state index is 3.52. The van der Waals surface area contributed by atoms with Crippen LogP contribution < -0.4 is 19.8 Å². The van der Waals surface area contributed by atoms with Gasteiger partial charge in [0.1, 0.15) is 0 Å². The summed E-state index contributed by atoms with van der Waals surface area (Å²) < 4.78 is 12.0. The van der Waals surface area contributed by atoms with Gasteiger partial charge >= 0.3 is 465 Å². The van der Waals surface area contributed by atoms with Gasteiger partial charge in [-0.2, -0.15) is 0 Å². The normalized spacial score (nSPS) is 12.9. The Morgan fingerprint density at radius 2 is 0.538 bits per heavy atom. The monoisotopic (exact) mass is 1100 g/mol. The van der Waals surface area contributed by atoms with Crippen molar-refractivity contribution in [2.45, 2.75) is 41.5 Å². The van der Waals surface area contributed by atoms with Crippen molar-refractivity contribution < 1.29 is 0 Å². The van der Waals surface area contributed by atoms with Gasteiger partial charge in [-0.15, -0.1) is 0 Å². The molecule has 6 heteroatoms. The number of aryl methyl sites for hydroxylation is 6. The van der Waals surface area contributed by atoms with Crippen LogP contribution in [0.25, 0.3) is 82.5 Å². The quantitative estimate of drug-likeness (QED) is 0.171. The van der Waals surface area contributed by atoms with Gasteiger partial charge in [-0.3, -0.25) is 0 Å². The first kappa shape index (κ1) is 45.5. The number of para-hydroxylation sites is 6. The summed E-state index contributed by atoms with van der Waals surface area (Å²) >= 11 is -3.52. The summed E-state index contributed by atoms with van der Waals surface area (Å²) in [6.07, 6.45) is 0. The van der Waals surface area contributed by atoms with Crippen molar-refractivity contribution in [2.24, 2.45) is 0 Å². The second-order valence-corrected chi connectivity index (χ2v) is 29.8. The summed E-state index contributed by atoms with van der Waals surface area (Å²) in [5, 5.41) is 7.56. The fourth-order valence-electron chi connectivity index (χ4n) is 14.5. The van der Waals surface area contributed by atoms with Crippen molar-refractivity contribution in [2.75, 3.05) is 9.80 Å². The van der Waals surface area contributed by atoms with E-state index in [1.54, 1.807) is 0 Å². The molecule has 0 bridgehead atoms. The molecule has 0 aliphatic carbocycles. The van der Waals surface area contributed by atoms with Gasteiger partial charge in [0.05, 0.1) is 0 Å². The Bertz CT molecular complexity index is 4460. The molecule has 0 amide bonds. The number of anilines is 6. The van der Waals surface area contributed by atoms with Crippen molar-refractivity contribution in [3.05, 3.63) is 252 Å². The van der Waals surface area contributed by atoms with Crippen molar-refractivity contribution >= 4 is 131 Å². The summed E-state index contributed by atoms with van der Waals surface area (Å²) in [5.41, 5.74) is 25.9. The molecule has 0 fully saturated rings. The third-order valence-electron chi connectivity index (χ3n) is 17.3. The molecule has 2 aliphatic heterocycles. The van der Waals surface area contributed by atoms with Crippen LogP contribution in [-0.4, -0.2) is 35.1 Å². The van der Waals surface area contributed by atoms with Crippen LogP contribution in [0.5, 0.6) is 0 Å². The average molecular weight is 1100 g/mol. The zero-order chi connectivity index (χ0) is 52.2. The molecule has 0 saturated carbocycles. The molecule has 0 unspecified atom stereocenters. The number of benzene rings is 11. The molecule has 0 N–H and O–H groups in total. The van der Waals surface area contributed by atoms with Crippen molar-refractivity contribution in [3.8, 4) is 17.1 Å². The molecule has 0 radical (unpaired) electrons. The van der Waals surface area contributed by atoms with Gasteiger partial charge in [-0.05, 0) is 0 Å². The first-order valence-electron chi connectivity index (χ1n) is 27.4. The Labute approximate surface area is 461 Å². The second kappa shape index (κ2) is 16.9. The number of hydrogen-bond donors (Lipinski definition) is 0. The molecule has 0 spiro atoms. The van der Waals surface area contributed by atoms with Gasteiger partial charge in [0.2, 0.25) is 0 Å². The number of aromatic nitrogens is 3. The second-order valence-electron chi connectivity index (χ2n) is 22.1. The fourth-order valence-corrected chi connectivity index (χ4v) is 24.7. The number of hydrogen-bond acceptors (Lipinski definition) is 2. The first-order chi connectivity index (χ1) is 38.2. The standard InChI is InChI=1S/C72H54N5.In/c1-46-37-48(3)71(49(4)38-46)73(52-21-19-23-54(41-52)75-65-31-13-7-25-59(65)60-26-8-14-32-66(60)75)56-43-57(45-58(44-56)77-69-35-17-11-29-63(69)64-30-12-18-36-70(64)77)74(72-50(5)39-47(2)40-51(72)6)53-22-20-24-55(42-53)76-67-33-15-9-27-61(67)62-28-10-16-34-68(62)76;/h7-20,23-42,44-45H,1-6H3;. The topological polar surface area (TPSA) is 21.3 Å². The van der Waals surface area contributed by atoms with Gasteiger partial charge in [0, 0.05) is 0 Å². The van der Waals surface area contributed by atoms with Crippen LogP contribution in [0.3, 0.4) is 0 Å². The van der Waals surface area contributed by atoms with Gasteiger partial charge in [0.25, 0.3) is 0 Å². The molecule has 370 valence electrons. The molecule has 5 nitrogen and oxygen atoms in total. The Morgan fingerprint density at radius 1 is 0.269 bits per heavy atom. The van der Waals surface area contributed by atoms with Crippen LogP contribution in [0.4, 0.5) is 34.1 Å². The molecule has 11 aromatic carbocycles. The van der Waals surface area contributed by atoms with Crippen LogP contribution in [-0.2, 0) is 0 Å². The van der Waals surface area contributed by atoms with E-state index in [1.165, 1.54) is 143 Å². The van der Waals surface area contributed by atoms with Crippen LogP contribution in [0.2, 0.25) is 0 Å². The van der Waals surface area contributed by atoms with Crippen LogP contribution in [0, 0.1) is 41.5 Å². The van der Waals surface area contributed by atoms with Gasteiger partial charge in [-0.25, -0.2) is 0 Å². The van der Waals surface area contributed by atoms with Crippen LogP contribution in [0.1, 0.15) is 33.4 Å². The van der Waals surface area contributed by atoms with Crippen molar-refractivity contribution in [1.29, 1.82) is 0 Å². The molecule has 0 atom stereocenters. The minimum absolute atomic E-state index is 1.15. The molecule has 0 saturated heterocycles. The average Bonchev–Trinajstić information content (AvgIpc) is 3.79. The molecule has 5 heterocycles. The summed E-state index contributed by atoms with van der Waals surface area (Å²) in [4.78, 5) is 5.40. The predicted molar refractivity (Wildman–Crippen MR) is 332 cm³/mol. The Morgan fingerprint density at radius 3 is 0.846 bits per heavy atom. The Kier molecular flexibility index (Phi) is 9.85. The van der Waals surface area contributed by atoms with E-state index >= 15 is 0 Å². The first-order valence-corrected chi connectivity index (χ1v) is 32.3. The van der Waals surface area contributed by atoms with E-state index in [0.29, 0.717) is 0 Å². The molecule has 16 rings (SSSR count). The third kappa shape index (κ3) is 6.38. The van der Waals surface area contributed by atoms with Gasteiger partial charge in [0.15, 0.2) is 0 Å². The summed E-state index contributed by atoms with van der Waals surface area (Å²) in [5.74, 6) is 0. The number of nitrogens with zero attached hydrogens (tertiary/aromatic N) is 5. The van der Waals surface area contributed by atoms with E-state index in [1.807, 2.05) is 0 Å². The molecule has 78 heavy (non-hydrogen) atoms. The minimum atomic E-state index is -3.52. The van der Waals surface area contributed by atoms with Crippen LogP contribution >= 0.6 is 0 Å². The Balaban J connectivity index is 1.07. The summed E-state index contributed by atoms with van der Waals surface area (Å²) in [6, 6.07) is 83.4. The predicted octanol–water partition coefficient (Wildman–Crippen LogP) is 16.9. The number of rotatable bonds is 5. The Hall–Kier alpha value is -8.71. The molecule has 14 aromatic rings. The van der Waals surface area contributed by atoms with Gasteiger partial charge in [-0.1, -0.05) is 0 Å². The summed E-state index contributed by atoms with van der Waals surface area (Å²) in [6.45, 7) is 13.8. The fraction of sp³-hybridized carbons (Fsp3) is 0.0833. The molecule has 3 aromatic heterocycles. The van der Waals surface area contributed by atoms with E-state index in [0.717, 1.165) is 17.1 Å². The van der Waals surface area contributed by atoms with E-state index in [9.17, 15) is 0 Å². The third-order valence-corrected chi connectivity index (χ3v) is 26.9. The van der Waals surface area contributed by atoms with Gasteiger partial charge < -0.3 is 0 Å². The molecular weight excluding hydrogens is 1050 g/mol. The molecule has 2 aliphatic rings. The summed E-state index contributed by atoms with van der Waals surface area (Å²) in [7, 11) is 0. The maximum atomic E-state index is 2.70. The van der Waals surface area contributed by atoms with Crippen LogP contribution in [0.15, 0.2) is 218 Å². The molecular formula is C72H54InN5. The van der Waals surface area contributed by atoms with E-state index in [4.69, 9.17) is 0 Å². The zero-order valence-corrected chi connectivity index (χ0v) is 47.9. The van der Waals surface area contributed by atoms with Crippen molar-refractivity contribution in [1.82, 2.24) is 13.7 Å². The zero-order valence-electron chi connectivity index (χ0n) is 44.6. The van der Waals surface area contributed by atoms with E-state index < -0.39 is 21.4 Å². The van der Waals surface area contributed by atoms with E-state index in [2.05, 4.69) is 283 Å². The number of fused-ring (bicyclic) bond motifs is 13. The SMILES string of the molecule is Cc1cc(C)c(N2c3cc(-n4c5ccccc5c5ccccc54)cc[c]3[In]3[c]4ccc(-n5c6ccccc6c6ccccc65)cc4N(c4c(C)cc(C)cc4C)c4cc(-n5c6ccccc6c6ccccc65)cc2[c]43)c(C)c1. The van der Waals surface area contributed by atoms with Crippen molar-refractivity contribution in [3.63, 3.8) is 0 Å². The van der Waals surface area contributed by atoms with E-state index in [-0.39, 0.29) is 0 Å².